The molecule has 0 aliphatic rings. The number of hydrogen-bond donors (Lipinski definition) is 2. The van der Waals surface area contributed by atoms with E-state index in [1.807, 2.05) is 18.2 Å². The van der Waals surface area contributed by atoms with Crippen LogP contribution in [0, 0.1) is 12.7 Å². The first-order valence-corrected chi connectivity index (χ1v) is 11.4. The molecule has 4 rings (SSSR count). The van der Waals surface area contributed by atoms with E-state index in [1.165, 1.54) is 18.2 Å². The normalized spacial score (nSPS) is 10.8. The number of carboxylic acids is 1. The van der Waals surface area contributed by atoms with E-state index in [0.29, 0.717) is 39.5 Å². The molecule has 7 nitrogen and oxygen atoms in total. The van der Waals surface area contributed by atoms with Gasteiger partial charge in [0.15, 0.2) is 5.76 Å². The van der Waals surface area contributed by atoms with Crippen LogP contribution in [-0.2, 0) is 22.4 Å². The molecule has 2 N–H and O–H groups in total. The van der Waals surface area contributed by atoms with Crippen LogP contribution in [0.3, 0.4) is 0 Å². The summed E-state index contributed by atoms with van der Waals surface area (Å²) in [4.78, 5) is 23.5. The summed E-state index contributed by atoms with van der Waals surface area (Å²) in [5.74, 6) is -1.22. The maximum Gasteiger partial charge on any atom is 0.411 e. The molecule has 0 spiro atoms. The van der Waals surface area contributed by atoms with Crippen molar-refractivity contribution in [1.82, 2.24) is 5.16 Å². The second kappa shape index (κ2) is 11.0. The summed E-state index contributed by atoms with van der Waals surface area (Å²) in [6, 6.07) is 18.3. The summed E-state index contributed by atoms with van der Waals surface area (Å²) in [5.41, 5.74) is 3.41. The highest BCUT2D eigenvalue weighted by Gasteiger charge is 2.19. The van der Waals surface area contributed by atoms with Gasteiger partial charge in [-0.3, -0.25) is 10.1 Å². The number of carboxylic acid groups (broad SMARTS) is 1. The molecule has 1 amide bonds. The molecule has 0 radical (unpaired) electrons. The predicted molar refractivity (Wildman–Crippen MR) is 134 cm³/mol. The molecule has 0 bridgehead atoms. The van der Waals surface area contributed by atoms with Crippen LogP contribution >= 0.6 is 11.6 Å². The second-order valence-corrected chi connectivity index (χ2v) is 8.45. The number of nitrogens with one attached hydrogen (secondary N) is 1. The first kappa shape index (κ1) is 24.9. The molecule has 0 saturated heterocycles. The number of ether oxygens (including phenoxy) is 1. The molecule has 0 saturated carbocycles. The summed E-state index contributed by atoms with van der Waals surface area (Å²) in [6.45, 7) is 1.79. The molecule has 3 aromatic carbocycles. The third-order valence-corrected chi connectivity index (χ3v) is 5.84. The zero-order valence-corrected chi connectivity index (χ0v) is 20.0. The van der Waals surface area contributed by atoms with E-state index in [-0.39, 0.29) is 24.4 Å². The number of aromatic nitrogens is 1. The van der Waals surface area contributed by atoms with Crippen molar-refractivity contribution in [2.24, 2.45) is 0 Å². The molecule has 4 aromatic rings. The number of carbonyl (C=O) groups is 2. The van der Waals surface area contributed by atoms with Gasteiger partial charge in [-0.05, 0) is 47.9 Å². The summed E-state index contributed by atoms with van der Waals surface area (Å²) in [5, 5.41) is 16.3. The summed E-state index contributed by atoms with van der Waals surface area (Å²) < 4.78 is 25.3. The first-order valence-electron chi connectivity index (χ1n) is 11.1. The number of anilines is 1. The van der Waals surface area contributed by atoms with Gasteiger partial charge < -0.3 is 14.4 Å². The third kappa shape index (κ3) is 5.90. The van der Waals surface area contributed by atoms with Crippen molar-refractivity contribution in [3.8, 4) is 22.5 Å². The van der Waals surface area contributed by atoms with Crippen LogP contribution in [0.15, 0.2) is 71.3 Å². The van der Waals surface area contributed by atoms with Crippen LogP contribution in [0.25, 0.3) is 22.5 Å². The fourth-order valence-corrected chi connectivity index (χ4v) is 3.94. The van der Waals surface area contributed by atoms with Crippen molar-refractivity contribution in [2.45, 2.75) is 19.8 Å². The molecular formula is C27H22ClFN2O5. The van der Waals surface area contributed by atoms with Gasteiger partial charge in [0.2, 0.25) is 0 Å². The Morgan fingerprint density at radius 1 is 1.08 bits per heavy atom. The molecule has 9 heteroatoms. The van der Waals surface area contributed by atoms with E-state index in [2.05, 4.69) is 10.5 Å². The smallest absolute Gasteiger partial charge is 0.411 e. The lowest BCUT2D eigenvalue weighted by atomic mass is 9.98. The monoisotopic (exact) mass is 508 g/mol. The van der Waals surface area contributed by atoms with Crippen molar-refractivity contribution in [3.05, 3.63) is 94.4 Å². The van der Waals surface area contributed by atoms with Crippen molar-refractivity contribution in [2.75, 3.05) is 11.9 Å². The number of halogens is 2. The van der Waals surface area contributed by atoms with Crippen molar-refractivity contribution >= 4 is 29.4 Å². The molecule has 0 aliphatic heterocycles. The van der Waals surface area contributed by atoms with Gasteiger partial charge in [0.05, 0.1) is 13.0 Å². The Morgan fingerprint density at radius 3 is 2.64 bits per heavy atom. The standard InChI is InChI=1S/C27H22ClFN2O5/c1-16-25(30-27(34)35-12-11-18-5-2-3-8-22(18)28)26(36-31-16)20-7-4-6-19(15-20)21-13-17(14-24(32)33)9-10-23(21)29/h2-10,13,15H,11-12,14H2,1H3,(H,30,34)(H,32,33). The molecule has 1 heterocycles. The minimum Gasteiger partial charge on any atom is -0.481 e. The van der Waals surface area contributed by atoms with Crippen molar-refractivity contribution in [3.63, 3.8) is 0 Å². The van der Waals surface area contributed by atoms with Gasteiger partial charge in [-0.2, -0.15) is 0 Å². The molecule has 0 aliphatic carbocycles. The highest BCUT2D eigenvalue weighted by Crippen LogP contribution is 2.34. The molecule has 0 unspecified atom stereocenters. The predicted octanol–water partition coefficient (Wildman–Crippen LogP) is 6.53. The van der Waals surface area contributed by atoms with E-state index < -0.39 is 17.9 Å². The number of benzene rings is 3. The average Bonchev–Trinajstić information content (AvgIpc) is 3.21. The lowest BCUT2D eigenvalue weighted by Gasteiger charge is -2.10. The van der Waals surface area contributed by atoms with Crippen molar-refractivity contribution < 1.29 is 28.3 Å². The van der Waals surface area contributed by atoms with Gasteiger partial charge in [0.1, 0.15) is 17.2 Å². The van der Waals surface area contributed by atoms with E-state index in [4.69, 9.17) is 26.0 Å². The summed E-state index contributed by atoms with van der Waals surface area (Å²) in [7, 11) is 0. The second-order valence-electron chi connectivity index (χ2n) is 8.04. The first-order chi connectivity index (χ1) is 17.3. The van der Waals surface area contributed by atoms with Crippen LogP contribution in [-0.4, -0.2) is 28.9 Å². The Labute approximate surface area is 211 Å². The fraction of sp³-hybridized carbons (Fsp3) is 0.148. The Morgan fingerprint density at radius 2 is 1.86 bits per heavy atom. The average molecular weight is 509 g/mol. The zero-order chi connectivity index (χ0) is 25.7. The highest BCUT2D eigenvalue weighted by atomic mass is 35.5. The van der Waals surface area contributed by atoms with E-state index >= 15 is 0 Å². The number of aryl methyl sites for hydroxylation is 1. The minimum atomic E-state index is -1.01. The topological polar surface area (TPSA) is 102 Å². The molecule has 184 valence electrons. The quantitative estimate of drug-likeness (QED) is 0.280. The molecule has 1 aromatic heterocycles. The van der Waals surface area contributed by atoms with Crippen LogP contribution in [0.1, 0.15) is 16.8 Å². The number of rotatable bonds is 8. The zero-order valence-electron chi connectivity index (χ0n) is 19.3. The molecular weight excluding hydrogens is 487 g/mol. The maximum absolute atomic E-state index is 14.6. The lowest BCUT2D eigenvalue weighted by molar-refractivity contribution is -0.136. The van der Waals surface area contributed by atoms with Gasteiger partial charge in [-0.15, -0.1) is 0 Å². The number of hydrogen-bond acceptors (Lipinski definition) is 5. The molecule has 0 fully saturated rings. The number of carbonyl (C=O) groups excluding carboxylic acids is 1. The van der Waals surface area contributed by atoms with Crippen molar-refractivity contribution in [1.29, 1.82) is 0 Å². The van der Waals surface area contributed by atoms with Crippen LogP contribution in [0.4, 0.5) is 14.9 Å². The number of amides is 1. The third-order valence-electron chi connectivity index (χ3n) is 5.47. The Bertz CT molecular complexity index is 1420. The highest BCUT2D eigenvalue weighted by molar-refractivity contribution is 6.31. The Kier molecular flexibility index (Phi) is 7.65. The van der Waals surface area contributed by atoms with Crippen LogP contribution in [0.5, 0.6) is 0 Å². The van der Waals surface area contributed by atoms with Crippen LogP contribution in [0.2, 0.25) is 5.02 Å². The van der Waals surface area contributed by atoms with E-state index in [9.17, 15) is 14.0 Å². The maximum atomic E-state index is 14.6. The SMILES string of the molecule is Cc1noc(-c2cccc(-c3cc(CC(=O)O)ccc3F)c2)c1NC(=O)OCCc1ccccc1Cl. The number of nitrogens with zero attached hydrogens (tertiary/aromatic N) is 1. The van der Waals surface area contributed by atoms with Gasteiger partial charge in [-0.25, -0.2) is 9.18 Å². The number of aliphatic carboxylic acids is 1. The molecule has 36 heavy (non-hydrogen) atoms. The fourth-order valence-electron chi connectivity index (χ4n) is 3.71. The van der Waals surface area contributed by atoms with E-state index in [0.717, 1.165) is 5.56 Å². The summed E-state index contributed by atoms with van der Waals surface area (Å²) >= 11 is 6.14. The molecule has 0 atom stereocenters. The van der Waals surface area contributed by atoms with E-state index in [1.54, 1.807) is 37.3 Å². The van der Waals surface area contributed by atoms with Gasteiger partial charge >= 0.3 is 12.1 Å². The van der Waals surface area contributed by atoms with Gasteiger partial charge in [-0.1, -0.05) is 59.2 Å². The van der Waals surface area contributed by atoms with Gasteiger partial charge in [0, 0.05) is 22.6 Å². The largest absolute Gasteiger partial charge is 0.481 e. The minimum absolute atomic E-state index is 0.122. The lowest BCUT2D eigenvalue weighted by Crippen LogP contribution is -2.16. The van der Waals surface area contributed by atoms with Crippen LogP contribution < -0.4 is 5.32 Å². The Balaban J connectivity index is 1.52. The Hall–Kier alpha value is -4.17. The summed E-state index contributed by atoms with van der Waals surface area (Å²) in [6.07, 6.45) is -0.448. The van der Waals surface area contributed by atoms with Gasteiger partial charge in [0.25, 0.3) is 0 Å².